The van der Waals surface area contributed by atoms with Gasteiger partial charge in [0.05, 0.1) is 24.3 Å². The Labute approximate surface area is 160 Å². The van der Waals surface area contributed by atoms with Crippen LogP contribution in [0, 0.1) is 12.7 Å². The predicted molar refractivity (Wildman–Crippen MR) is 103 cm³/mol. The summed E-state index contributed by atoms with van der Waals surface area (Å²) in [5, 5.41) is 3.34. The van der Waals surface area contributed by atoms with Gasteiger partial charge in [0, 0.05) is 6.07 Å². The average Bonchev–Trinajstić information content (AvgIpc) is 3.37. The van der Waals surface area contributed by atoms with Crippen LogP contribution in [0.3, 0.4) is 0 Å². The molecule has 1 saturated carbocycles. The second-order valence-electron chi connectivity index (χ2n) is 6.69. The Kier molecular flexibility index (Phi) is 4.26. The average molecular weight is 386 g/mol. The van der Waals surface area contributed by atoms with Gasteiger partial charge in [-0.05, 0) is 43.0 Å². The van der Waals surface area contributed by atoms with E-state index in [9.17, 15) is 9.18 Å². The lowest BCUT2D eigenvalue weighted by molar-refractivity contribution is -0.118. The maximum absolute atomic E-state index is 13.7. The van der Waals surface area contributed by atoms with Gasteiger partial charge in [0.15, 0.2) is 5.13 Å². The molecule has 0 aliphatic heterocycles. The number of anilines is 1. The number of benzene rings is 2. The van der Waals surface area contributed by atoms with Crippen molar-refractivity contribution < 1.29 is 18.7 Å². The van der Waals surface area contributed by atoms with Gasteiger partial charge in [-0.3, -0.25) is 4.79 Å². The van der Waals surface area contributed by atoms with Crippen LogP contribution in [0.4, 0.5) is 9.52 Å². The molecule has 0 radical (unpaired) electrons. The topological polar surface area (TPSA) is 60.5 Å². The van der Waals surface area contributed by atoms with Gasteiger partial charge in [-0.2, -0.15) is 0 Å². The zero-order valence-electron chi connectivity index (χ0n) is 15.3. The number of aromatic nitrogens is 1. The summed E-state index contributed by atoms with van der Waals surface area (Å²) in [7, 11) is 3.09. The monoisotopic (exact) mass is 386 g/mol. The number of aryl methyl sites for hydroxylation is 1. The van der Waals surface area contributed by atoms with Crippen molar-refractivity contribution in [2.75, 3.05) is 19.5 Å². The number of hydrogen-bond donors (Lipinski definition) is 1. The summed E-state index contributed by atoms with van der Waals surface area (Å²) in [5.41, 5.74) is 1.94. The molecule has 1 fully saturated rings. The lowest BCUT2D eigenvalue weighted by atomic mass is 9.94. The van der Waals surface area contributed by atoms with E-state index in [2.05, 4.69) is 10.3 Å². The van der Waals surface area contributed by atoms with Gasteiger partial charge in [-0.25, -0.2) is 9.37 Å². The minimum atomic E-state index is -0.561. The minimum Gasteiger partial charge on any atom is -0.496 e. The Hall–Kier alpha value is -2.67. The van der Waals surface area contributed by atoms with Gasteiger partial charge in [-0.1, -0.05) is 23.5 Å². The van der Waals surface area contributed by atoms with E-state index in [1.807, 2.05) is 25.1 Å². The van der Waals surface area contributed by atoms with Crippen molar-refractivity contribution in [3.05, 3.63) is 47.3 Å². The molecule has 2 aromatic carbocycles. The lowest BCUT2D eigenvalue weighted by Gasteiger charge is -2.16. The van der Waals surface area contributed by atoms with Gasteiger partial charge in [0.1, 0.15) is 22.8 Å². The molecule has 0 spiro atoms. The Morgan fingerprint density at radius 1 is 1.19 bits per heavy atom. The maximum atomic E-state index is 13.7. The van der Waals surface area contributed by atoms with E-state index >= 15 is 0 Å². The molecule has 27 heavy (non-hydrogen) atoms. The molecular formula is C20H19FN2O3S. The van der Waals surface area contributed by atoms with E-state index in [-0.39, 0.29) is 5.91 Å². The summed E-state index contributed by atoms with van der Waals surface area (Å²) in [6, 6.07) is 8.55. The summed E-state index contributed by atoms with van der Waals surface area (Å²) in [6.45, 7) is 1.97. The molecule has 0 saturated heterocycles. The SMILES string of the molecule is COc1cc(C2(C(=O)Nc3nc4c(OC)cc(F)cc4s3)CC2)ccc1C. The van der Waals surface area contributed by atoms with Crippen LogP contribution in [0.2, 0.25) is 0 Å². The summed E-state index contributed by atoms with van der Waals surface area (Å²) in [6.07, 6.45) is 1.54. The third kappa shape index (κ3) is 3.02. The fraction of sp³-hybridized carbons (Fsp3) is 0.300. The van der Waals surface area contributed by atoms with Crippen molar-refractivity contribution in [2.24, 2.45) is 0 Å². The molecule has 1 heterocycles. The highest BCUT2D eigenvalue weighted by Crippen LogP contribution is 2.50. The van der Waals surface area contributed by atoms with Crippen molar-refractivity contribution in [3.8, 4) is 11.5 Å². The van der Waals surface area contributed by atoms with Crippen LogP contribution >= 0.6 is 11.3 Å². The van der Waals surface area contributed by atoms with E-state index < -0.39 is 11.2 Å². The van der Waals surface area contributed by atoms with E-state index in [1.165, 1.54) is 30.6 Å². The fourth-order valence-corrected chi connectivity index (χ4v) is 4.19. The Balaban J connectivity index is 1.63. The number of carbonyl (C=O) groups is 1. The molecule has 1 aromatic heterocycles. The van der Waals surface area contributed by atoms with E-state index in [1.54, 1.807) is 7.11 Å². The molecule has 5 nitrogen and oxygen atoms in total. The lowest BCUT2D eigenvalue weighted by Crippen LogP contribution is -2.27. The van der Waals surface area contributed by atoms with E-state index in [0.717, 1.165) is 29.7 Å². The Morgan fingerprint density at radius 3 is 2.59 bits per heavy atom. The number of nitrogens with zero attached hydrogens (tertiary/aromatic N) is 1. The van der Waals surface area contributed by atoms with Crippen LogP contribution in [0.15, 0.2) is 30.3 Å². The zero-order chi connectivity index (χ0) is 19.2. The molecule has 140 valence electrons. The van der Waals surface area contributed by atoms with Gasteiger partial charge in [0.2, 0.25) is 5.91 Å². The predicted octanol–water partition coefficient (Wildman–Crippen LogP) is 4.43. The Bertz CT molecular complexity index is 1040. The standard InChI is InChI=1S/C20H19FN2O3S/c1-11-4-5-12(8-14(11)25-2)20(6-7-20)18(24)23-19-22-17-15(26-3)9-13(21)10-16(17)27-19/h4-5,8-10H,6-7H2,1-3H3,(H,22,23,24). The van der Waals surface area contributed by atoms with Crippen molar-refractivity contribution in [2.45, 2.75) is 25.2 Å². The van der Waals surface area contributed by atoms with Crippen LogP contribution in [-0.2, 0) is 10.2 Å². The molecule has 0 unspecified atom stereocenters. The van der Waals surface area contributed by atoms with Crippen LogP contribution in [-0.4, -0.2) is 25.1 Å². The van der Waals surface area contributed by atoms with Gasteiger partial charge in [-0.15, -0.1) is 0 Å². The van der Waals surface area contributed by atoms with E-state index in [4.69, 9.17) is 9.47 Å². The largest absolute Gasteiger partial charge is 0.496 e. The number of rotatable bonds is 5. The zero-order valence-corrected chi connectivity index (χ0v) is 16.1. The summed E-state index contributed by atoms with van der Waals surface area (Å²) in [5.74, 6) is 0.621. The number of nitrogens with one attached hydrogen (secondary N) is 1. The van der Waals surface area contributed by atoms with Gasteiger partial charge < -0.3 is 14.8 Å². The number of halogens is 1. The number of carbonyl (C=O) groups excluding carboxylic acids is 1. The highest BCUT2D eigenvalue weighted by molar-refractivity contribution is 7.22. The molecule has 4 rings (SSSR count). The maximum Gasteiger partial charge on any atom is 0.236 e. The van der Waals surface area contributed by atoms with Crippen molar-refractivity contribution in [3.63, 3.8) is 0 Å². The number of thiazole rings is 1. The summed E-state index contributed by atoms with van der Waals surface area (Å²) >= 11 is 1.23. The van der Waals surface area contributed by atoms with Crippen molar-refractivity contribution >= 4 is 32.6 Å². The smallest absolute Gasteiger partial charge is 0.236 e. The van der Waals surface area contributed by atoms with Crippen molar-refractivity contribution in [1.29, 1.82) is 0 Å². The van der Waals surface area contributed by atoms with Crippen LogP contribution < -0.4 is 14.8 Å². The Morgan fingerprint density at radius 2 is 1.93 bits per heavy atom. The number of methoxy groups -OCH3 is 2. The second kappa shape index (κ2) is 6.49. The fourth-order valence-electron chi connectivity index (χ4n) is 3.28. The first-order valence-electron chi connectivity index (χ1n) is 8.57. The quantitative estimate of drug-likeness (QED) is 0.705. The number of amides is 1. The van der Waals surface area contributed by atoms with Crippen LogP contribution in [0.5, 0.6) is 11.5 Å². The van der Waals surface area contributed by atoms with Gasteiger partial charge >= 0.3 is 0 Å². The second-order valence-corrected chi connectivity index (χ2v) is 7.73. The molecule has 1 N–H and O–H groups in total. The van der Waals surface area contributed by atoms with Crippen LogP contribution in [0.1, 0.15) is 24.0 Å². The molecule has 1 aliphatic carbocycles. The normalized spacial score (nSPS) is 14.8. The minimum absolute atomic E-state index is 0.105. The first-order valence-corrected chi connectivity index (χ1v) is 9.39. The van der Waals surface area contributed by atoms with Crippen molar-refractivity contribution in [1.82, 2.24) is 4.98 Å². The molecule has 1 amide bonds. The van der Waals surface area contributed by atoms with Gasteiger partial charge in [0.25, 0.3) is 0 Å². The highest BCUT2D eigenvalue weighted by atomic mass is 32.1. The third-order valence-electron chi connectivity index (χ3n) is 5.01. The first kappa shape index (κ1) is 17.7. The third-order valence-corrected chi connectivity index (χ3v) is 5.93. The number of ether oxygens (including phenoxy) is 2. The molecule has 7 heteroatoms. The molecular weight excluding hydrogens is 367 g/mol. The highest BCUT2D eigenvalue weighted by Gasteiger charge is 2.51. The number of hydrogen-bond acceptors (Lipinski definition) is 5. The molecule has 1 aliphatic rings. The first-order chi connectivity index (χ1) is 13.0. The van der Waals surface area contributed by atoms with E-state index in [0.29, 0.717) is 21.1 Å². The van der Waals surface area contributed by atoms with Crippen LogP contribution in [0.25, 0.3) is 10.2 Å². The summed E-state index contributed by atoms with van der Waals surface area (Å²) < 4.78 is 24.9. The molecule has 0 atom stereocenters. The molecule has 0 bridgehead atoms. The summed E-state index contributed by atoms with van der Waals surface area (Å²) in [4.78, 5) is 17.4. The number of fused-ring (bicyclic) bond motifs is 1. The molecule has 3 aromatic rings.